The van der Waals surface area contributed by atoms with Crippen LogP contribution in [0.2, 0.25) is 0 Å². The molecule has 0 saturated carbocycles. The molecule has 0 atom stereocenters. The van der Waals surface area contributed by atoms with E-state index in [0.717, 1.165) is 5.56 Å². The number of anilines is 1. The number of aromatic nitrogens is 3. The molecule has 0 radical (unpaired) electrons. The Balaban J connectivity index is 1.44. The zero-order chi connectivity index (χ0) is 23.2. The van der Waals surface area contributed by atoms with Crippen LogP contribution in [0.1, 0.15) is 26.3 Å². The van der Waals surface area contributed by atoms with Crippen LogP contribution < -0.4 is 10.6 Å². The predicted molar refractivity (Wildman–Crippen MR) is 120 cm³/mol. The third-order valence-corrected chi connectivity index (χ3v) is 4.80. The van der Waals surface area contributed by atoms with Gasteiger partial charge in [-0.25, -0.2) is 4.98 Å². The molecule has 0 aliphatic heterocycles. The van der Waals surface area contributed by atoms with Crippen molar-refractivity contribution in [3.8, 4) is 5.69 Å². The maximum absolute atomic E-state index is 12.6. The Morgan fingerprint density at radius 3 is 2.48 bits per heavy atom. The van der Waals surface area contributed by atoms with E-state index in [2.05, 4.69) is 20.6 Å². The molecule has 10 nitrogen and oxygen atoms in total. The fourth-order valence-corrected chi connectivity index (χ4v) is 3.18. The van der Waals surface area contributed by atoms with Crippen LogP contribution in [-0.2, 0) is 6.54 Å². The Morgan fingerprint density at radius 1 is 0.939 bits per heavy atom. The van der Waals surface area contributed by atoms with E-state index in [9.17, 15) is 19.7 Å². The molecule has 0 bridgehead atoms. The molecule has 0 spiro atoms. The van der Waals surface area contributed by atoms with E-state index in [1.807, 2.05) is 0 Å². The van der Waals surface area contributed by atoms with Crippen molar-refractivity contribution in [2.45, 2.75) is 6.54 Å². The van der Waals surface area contributed by atoms with E-state index in [4.69, 9.17) is 0 Å². The number of amides is 2. The van der Waals surface area contributed by atoms with Gasteiger partial charge in [0.05, 0.1) is 11.3 Å². The summed E-state index contributed by atoms with van der Waals surface area (Å²) in [5, 5.41) is 17.0. The van der Waals surface area contributed by atoms with Gasteiger partial charge >= 0.3 is 0 Å². The van der Waals surface area contributed by atoms with E-state index >= 15 is 0 Å². The van der Waals surface area contributed by atoms with Gasteiger partial charge < -0.3 is 15.2 Å². The number of hydrogen-bond donors (Lipinski definition) is 2. The number of nitrogens with one attached hydrogen (secondary N) is 2. The van der Waals surface area contributed by atoms with Crippen molar-refractivity contribution in [1.29, 1.82) is 0 Å². The molecular weight excluding hydrogens is 424 g/mol. The molecule has 0 unspecified atom stereocenters. The lowest BCUT2D eigenvalue weighted by molar-refractivity contribution is -0.384. The summed E-state index contributed by atoms with van der Waals surface area (Å²) < 4.78 is 1.51. The highest BCUT2D eigenvalue weighted by atomic mass is 16.6. The molecule has 10 heteroatoms. The van der Waals surface area contributed by atoms with Gasteiger partial charge in [-0.1, -0.05) is 12.1 Å². The highest BCUT2D eigenvalue weighted by Gasteiger charge is 2.18. The molecule has 0 fully saturated rings. The summed E-state index contributed by atoms with van der Waals surface area (Å²) in [4.78, 5) is 43.7. The third-order valence-electron chi connectivity index (χ3n) is 4.80. The van der Waals surface area contributed by atoms with Crippen LogP contribution in [0, 0.1) is 10.1 Å². The normalized spacial score (nSPS) is 10.4. The van der Waals surface area contributed by atoms with E-state index in [1.165, 1.54) is 47.7 Å². The van der Waals surface area contributed by atoms with Crippen LogP contribution in [0.15, 0.2) is 85.7 Å². The van der Waals surface area contributed by atoms with E-state index in [1.54, 1.807) is 42.6 Å². The number of nitro groups is 1. The zero-order valence-corrected chi connectivity index (χ0v) is 17.2. The Bertz CT molecular complexity index is 1310. The average Bonchev–Trinajstić information content (AvgIpc) is 3.38. The fraction of sp³-hybridized carbons (Fsp3) is 0.0435. The van der Waals surface area contributed by atoms with Gasteiger partial charge in [0.1, 0.15) is 5.69 Å². The Labute approximate surface area is 188 Å². The van der Waals surface area contributed by atoms with Crippen LogP contribution in [0.4, 0.5) is 11.4 Å². The van der Waals surface area contributed by atoms with Gasteiger partial charge in [-0.05, 0) is 42.0 Å². The van der Waals surface area contributed by atoms with E-state index < -0.39 is 10.8 Å². The smallest absolute Gasteiger partial charge is 0.294 e. The number of rotatable bonds is 7. The van der Waals surface area contributed by atoms with Crippen molar-refractivity contribution in [2.24, 2.45) is 0 Å². The lowest BCUT2D eigenvalue weighted by Crippen LogP contribution is -2.23. The first-order valence-electron chi connectivity index (χ1n) is 9.86. The van der Waals surface area contributed by atoms with E-state index in [0.29, 0.717) is 16.9 Å². The summed E-state index contributed by atoms with van der Waals surface area (Å²) in [6.07, 6.45) is 7.61. The SMILES string of the molecule is O=C(NCc1cccc(NC(=O)c2ccncc2)c1)c1ccc(-n2ccnc2)c([N+](=O)[O-])c1. The van der Waals surface area contributed by atoms with Gasteiger partial charge in [0.15, 0.2) is 0 Å². The Hall–Kier alpha value is -4.86. The number of nitro benzene ring substituents is 1. The summed E-state index contributed by atoms with van der Waals surface area (Å²) in [5.74, 6) is -0.731. The molecule has 0 saturated heterocycles. The molecule has 2 amide bonds. The van der Waals surface area contributed by atoms with Crippen LogP contribution in [0.3, 0.4) is 0 Å². The minimum Gasteiger partial charge on any atom is -0.348 e. The second-order valence-electron chi connectivity index (χ2n) is 7.00. The molecule has 2 aromatic heterocycles. The predicted octanol–water partition coefficient (Wildman–Crippen LogP) is 3.36. The van der Waals surface area contributed by atoms with E-state index in [-0.39, 0.29) is 23.7 Å². The Morgan fingerprint density at radius 2 is 1.76 bits per heavy atom. The van der Waals surface area contributed by atoms with Crippen molar-refractivity contribution in [1.82, 2.24) is 19.9 Å². The minimum absolute atomic E-state index is 0.160. The number of imidazole rings is 1. The lowest BCUT2D eigenvalue weighted by atomic mass is 10.1. The minimum atomic E-state index is -0.541. The molecule has 164 valence electrons. The molecule has 33 heavy (non-hydrogen) atoms. The number of pyridine rings is 1. The first-order valence-corrected chi connectivity index (χ1v) is 9.86. The summed E-state index contributed by atoms with van der Waals surface area (Å²) in [7, 11) is 0. The zero-order valence-electron chi connectivity index (χ0n) is 17.2. The number of hydrogen-bond acceptors (Lipinski definition) is 6. The van der Waals surface area contributed by atoms with Gasteiger partial charge in [0.2, 0.25) is 0 Å². The summed E-state index contributed by atoms with van der Waals surface area (Å²) in [6.45, 7) is 0.175. The summed E-state index contributed by atoms with van der Waals surface area (Å²) >= 11 is 0. The second kappa shape index (κ2) is 9.52. The van der Waals surface area contributed by atoms with Gasteiger partial charge in [-0.3, -0.25) is 24.7 Å². The van der Waals surface area contributed by atoms with Crippen LogP contribution in [0.5, 0.6) is 0 Å². The highest BCUT2D eigenvalue weighted by Crippen LogP contribution is 2.24. The molecule has 0 aliphatic rings. The number of nitrogens with zero attached hydrogens (tertiary/aromatic N) is 4. The van der Waals surface area contributed by atoms with Crippen molar-refractivity contribution in [3.63, 3.8) is 0 Å². The molecule has 2 N–H and O–H groups in total. The molecule has 2 aromatic carbocycles. The summed E-state index contributed by atoms with van der Waals surface area (Å²) in [5.41, 5.74) is 2.06. The first-order chi connectivity index (χ1) is 16.0. The third kappa shape index (κ3) is 5.07. The number of carbonyl (C=O) groups is 2. The second-order valence-corrected chi connectivity index (χ2v) is 7.00. The van der Waals surface area contributed by atoms with Crippen molar-refractivity contribution in [3.05, 3.63) is 113 Å². The largest absolute Gasteiger partial charge is 0.348 e. The molecular formula is C23H18N6O4. The standard InChI is InChI=1S/C23H18N6O4/c30-22(18-4-5-20(21(13-18)29(32)33)28-11-10-25-15-28)26-14-16-2-1-3-19(12-16)27-23(31)17-6-8-24-9-7-17/h1-13,15H,14H2,(H,26,30)(H,27,31). The molecule has 2 heterocycles. The number of benzene rings is 2. The topological polar surface area (TPSA) is 132 Å². The molecule has 0 aliphatic carbocycles. The first kappa shape index (κ1) is 21.4. The lowest BCUT2D eigenvalue weighted by Gasteiger charge is -2.10. The van der Waals surface area contributed by atoms with Gasteiger partial charge in [-0.15, -0.1) is 0 Å². The van der Waals surface area contributed by atoms with Crippen LogP contribution >= 0.6 is 0 Å². The number of carbonyl (C=O) groups excluding carboxylic acids is 2. The van der Waals surface area contributed by atoms with Gasteiger partial charge in [-0.2, -0.15) is 0 Å². The van der Waals surface area contributed by atoms with Gasteiger partial charge in [0.25, 0.3) is 17.5 Å². The average molecular weight is 442 g/mol. The summed E-state index contributed by atoms with van der Waals surface area (Å²) in [6, 6.07) is 14.5. The van der Waals surface area contributed by atoms with Crippen molar-refractivity contribution in [2.75, 3.05) is 5.32 Å². The Kier molecular flexibility index (Phi) is 6.17. The van der Waals surface area contributed by atoms with Crippen LogP contribution in [-0.4, -0.2) is 31.3 Å². The molecule has 4 rings (SSSR count). The van der Waals surface area contributed by atoms with Crippen molar-refractivity contribution < 1.29 is 14.5 Å². The van der Waals surface area contributed by atoms with Crippen molar-refractivity contribution >= 4 is 23.2 Å². The quantitative estimate of drug-likeness (QED) is 0.333. The molecule has 4 aromatic rings. The van der Waals surface area contributed by atoms with Gasteiger partial charge in [0, 0.05) is 54.2 Å². The monoisotopic (exact) mass is 442 g/mol. The maximum Gasteiger partial charge on any atom is 0.294 e. The fourth-order valence-electron chi connectivity index (χ4n) is 3.18. The maximum atomic E-state index is 12.6. The highest BCUT2D eigenvalue weighted by molar-refractivity contribution is 6.04. The van der Waals surface area contributed by atoms with Crippen LogP contribution in [0.25, 0.3) is 5.69 Å².